The Hall–Kier alpha value is -0.770. The predicted octanol–water partition coefficient (Wildman–Crippen LogP) is 3.56. The van der Waals surface area contributed by atoms with Gasteiger partial charge in [-0.15, -0.1) is 16.8 Å². The maximum absolute atomic E-state index is 4.62. The van der Waals surface area contributed by atoms with Gasteiger partial charge in [-0.3, -0.25) is 0 Å². The fraction of sp³-hybridized carbons (Fsp3) is 0.750. The van der Waals surface area contributed by atoms with Gasteiger partial charge in [0.05, 0.1) is 0 Å². The van der Waals surface area contributed by atoms with E-state index in [0.717, 1.165) is 28.7 Å². The third-order valence-electron chi connectivity index (χ3n) is 5.68. The Morgan fingerprint density at radius 2 is 1.80 bits per heavy atom. The van der Waals surface area contributed by atoms with Gasteiger partial charge in [0.15, 0.2) is 5.16 Å². The zero-order valence-corrected chi connectivity index (χ0v) is 13.0. The van der Waals surface area contributed by atoms with Gasteiger partial charge >= 0.3 is 0 Å². The zero-order chi connectivity index (χ0) is 13.7. The first-order valence-electron chi connectivity index (χ1n) is 7.84. The normalized spacial score (nSPS) is 38.4. The van der Waals surface area contributed by atoms with Crippen LogP contribution in [0.25, 0.3) is 0 Å². The molecule has 4 aliphatic rings. The molecule has 1 aromatic heterocycles. The summed E-state index contributed by atoms with van der Waals surface area (Å²) in [6.45, 7) is 3.79. The van der Waals surface area contributed by atoms with Gasteiger partial charge in [0.25, 0.3) is 0 Å². The maximum Gasteiger partial charge on any atom is 0.191 e. The first-order chi connectivity index (χ1) is 9.70. The van der Waals surface area contributed by atoms with Crippen LogP contribution < -0.4 is 0 Å². The molecule has 0 amide bonds. The van der Waals surface area contributed by atoms with E-state index in [-0.39, 0.29) is 0 Å². The van der Waals surface area contributed by atoms with E-state index in [0.29, 0.717) is 5.41 Å². The molecule has 4 saturated carbocycles. The predicted molar refractivity (Wildman–Crippen MR) is 81.8 cm³/mol. The van der Waals surface area contributed by atoms with Crippen LogP contribution in [0, 0.1) is 17.8 Å². The molecule has 0 atom stereocenters. The second kappa shape index (κ2) is 4.62. The summed E-state index contributed by atoms with van der Waals surface area (Å²) in [6, 6.07) is 0. The third kappa shape index (κ3) is 1.87. The van der Waals surface area contributed by atoms with E-state index in [2.05, 4.69) is 28.4 Å². The standard InChI is InChI=1S/C16H23N3S/c1-3-4-20-15-18-17-14(19(15)2)16-8-11-5-12(9-16)7-13(6-11)10-16/h3,11-13H,1,4-10H2,2H3. The van der Waals surface area contributed by atoms with Crippen LogP contribution in [0.1, 0.15) is 44.3 Å². The van der Waals surface area contributed by atoms with Gasteiger partial charge in [0.1, 0.15) is 5.82 Å². The molecule has 1 heterocycles. The van der Waals surface area contributed by atoms with Gasteiger partial charge in [0.2, 0.25) is 0 Å². The number of rotatable bonds is 4. The first kappa shape index (κ1) is 12.9. The Labute approximate surface area is 125 Å². The highest BCUT2D eigenvalue weighted by molar-refractivity contribution is 7.99. The van der Waals surface area contributed by atoms with Gasteiger partial charge < -0.3 is 4.57 Å². The van der Waals surface area contributed by atoms with Crippen molar-refractivity contribution in [1.29, 1.82) is 0 Å². The average Bonchev–Trinajstić information content (AvgIpc) is 2.77. The van der Waals surface area contributed by atoms with Crippen LogP contribution in [0.4, 0.5) is 0 Å². The smallest absolute Gasteiger partial charge is 0.191 e. The van der Waals surface area contributed by atoms with E-state index >= 15 is 0 Å². The monoisotopic (exact) mass is 289 g/mol. The van der Waals surface area contributed by atoms with E-state index in [9.17, 15) is 0 Å². The molecule has 0 unspecified atom stereocenters. The lowest BCUT2D eigenvalue weighted by molar-refractivity contribution is -0.0109. The molecule has 0 aromatic carbocycles. The minimum atomic E-state index is 0.351. The van der Waals surface area contributed by atoms with Gasteiger partial charge in [-0.25, -0.2) is 0 Å². The lowest BCUT2D eigenvalue weighted by atomic mass is 9.49. The Morgan fingerprint density at radius 1 is 1.20 bits per heavy atom. The number of hydrogen-bond donors (Lipinski definition) is 0. The molecule has 0 saturated heterocycles. The average molecular weight is 289 g/mol. The molecule has 4 fully saturated rings. The van der Waals surface area contributed by atoms with E-state index in [4.69, 9.17) is 0 Å². The molecule has 1 aromatic rings. The molecule has 108 valence electrons. The summed E-state index contributed by atoms with van der Waals surface area (Å²) in [5, 5.41) is 10.1. The summed E-state index contributed by atoms with van der Waals surface area (Å²) in [7, 11) is 2.15. The van der Waals surface area contributed by atoms with Crippen LogP contribution in [0.2, 0.25) is 0 Å². The fourth-order valence-corrected chi connectivity index (χ4v) is 6.07. The lowest BCUT2D eigenvalue weighted by Crippen LogP contribution is -2.49. The number of hydrogen-bond acceptors (Lipinski definition) is 3. The van der Waals surface area contributed by atoms with Crippen molar-refractivity contribution in [3.05, 3.63) is 18.5 Å². The molecule has 0 N–H and O–H groups in total. The Morgan fingerprint density at radius 3 is 2.35 bits per heavy atom. The summed E-state index contributed by atoms with van der Waals surface area (Å²) in [4.78, 5) is 0. The molecular formula is C16H23N3S. The maximum atomic E-state index is 4.62. The van der Waals surface area contributed by atoms with Crippen LogP contribution in [0.3, 0.4) is 0 Å². The molecular weight excluding hydrogens is 266 g/mol. The van der Waals surface area contributed by atoms with Crippen molar-refractivity contribution in [3.8, 4) is 0 Å². The van der Waals surface area contributed by atoms with Gasteiger partial charge in [-0.1, -0.05) is 17.8 Å². The highest BCUT2D eigenvalue weighted by Crippen LogP contribution is 2.60. The number of thioether (sulfide) groups is 1. The van der Waals surface area contributed by atoms with Crippen molar-refractivity contribution in [1.82, 2.24) is 14.8 Å². The molecule has 3 nitrogen and oxygen atoms in total. The second-order valence-corrected chi connectivity index (χ2v) is 8.15. The van der Waals surface area contributed by atoms with E-state index in [1.165, 1.54) is 44.3 Å². The minimum absolute atomic E-state index is 0.351. The van der Waals surface area contributed by atoms with Crippen molar-refractivity contribution in [3.63, 3.8) is 0 Å². The van der Waals surface area contributed by atoms with Crippen LogP contribution in [-0.2, 0) is 12.5 Å². The summed E-state index contributed by atoms with van der Waals surface area (Å²) in [5.74, 6) is 5.06. The summed E-state index contributed by atoms with van der Waals surface area (Å²) < 4.78 is 2.27. The summed E-state index contributed by atoms with van der Waals surface area (Å²) in [5.41, 5.74) is 0.351. The largest absolute Gasteiger partial charge is 0.309 e. The quantitative estimate of drug-likeness (QED) is 0.627. The SMILES string of the molecule is C=CCSc1nnc(C23CC4CC(CC(C4)C2)C3)n1C. The molecule has 0 aliphatic heterocycles. The molecule has 0 radical (unpaired) electrons. The highest BCUT2D eigenvalue weighted by Gasteiger charge is 2.53. The molecule has 5 rings (SSSR count). The van der Waals surface area contributed by atoms with E-state index in [1.54, 1.807) is 11.8 Å². The lowest BCUT2D eigenvalue weighted by Gasteiger charge is -2.56. The van der Waals surface area contributed by atoms with Crippen LogP contribution in [0.5, 0.6) is 0 Å². The Balaban J connectivity index is 1.67. The Kier molecular flexibility index (Phi) is 2.99. The van der Waals surface area contributed by atoms with Crippen LogP contribution >= 0.6 is 11.8 Å². The molecule has 4 bridgehead atoms. The molecule has 4 heteroatoms. The van der Waals surface area contributed by atoms with Gasteiger partial charge in [-0.2, -0.15) is 0 Å². The summed E-state index contributed by atoms with van der Waals surface area (Å²) in [6.07, 6.45) is 10.5. The zero-order valence-electron chi connectivity index (χ0n) is 12.2. The number of aromatic nitrogens is 3. The molecule has 4 aliphatic carbocycles. The minimum Gasteiger partial charge on any atom is -0.309 e. The van der Waals surface area contributed by atoms with Crippen molar-refractivity contribution in [2.75, 3.05) is 5.75 Å². The van der Waals surface area contributed by atoms with Crippen LogP contribution in [0.15, 0.2) is 17.8 Å². The van der Waals surface area contributed by atoms with E-state index < -0.39 is 0 Å². The van der Waals surface area contributed by atoms with Crippen molar-refractivity contribution >= 4 is 11.8 Å². The van der Waals surface area contributed by atoms with Crippen molar-refractivity contribution in [2.45, 2.75) is 49.1 Å². The fourth-order valence-electron chi connectivity index (χ4n) is 5.42. The van der Waals surface area contributed by atoms with Gasteiger partial charge in [0, 0.05) is 18.2 Å². The van der Waals surface area contributed by atoms with Crippen LogP contribution in [-0.4, -0.2) is 20.5 Å². The first-order valence-corrected chi connectivity index (χ1v) is 8.82. The van der Waals surface area contributed by atoms with Crippen molar-refractivity contribution < 1.29 is 0 Å². The number of nitrogens with zero attached hydrogens (tertiary/aromatic N) is 3. The summed E-state index contributed by atoms with van der Waals surface area (Å²) >= 11 is 1.74. The molecule has 20 heavy (non-hydrogen) atoms. The second-order valence-electron chi connectivity index (χ2n) is 7.16. The Bertz CT molecular complexity index is 499. The van der Waals surface area contributed by atoms with Gasteiger partial charge in [-0.05, 0) is 56.3 Å². The highest BCUT2D eigenvalue weighted by atomic mass is 32.2. The van der Waals surface area contributed by atoms with Crippen molar-refractivity contribution in [2.24, 2.45) is 24.8 Å². The molecule has 0 spiro atoms. The van der Waals surface area contributed by atoms with E-state index in [1.807, 2.05) is 6.08 Å². The third-order valence-corrected chi connectivity index (χ3v) is 6.69. The topological polar surface area (TPSA) is 30.7 Å².